The average molecular weight is 651 g/mol. The minimum absolute atomic E-state index is 0.00841. The van der Waals surface area contributed by atoms with Crippen molar-refractivity contribution in [1.82, 2.24) is 4.31 Å². The Kier molecular flexibility index (Phi) is 9.37. The van der Waals surface area contributed by atoms with Crippen LogP contribution in [0.25, 0.3) is 0 Å². The highest BCUT2D eigenvalue weighted by Crippen LogP contribution is 2.30. The Labute approximate surface area is 247 Å². The maximum absolute atomic E-state index is 13.1. The summed E-state index contributed by atoms with van der Waals surface area (Å²) in [4.78, 5) is 12.9. The number of hydrogen-bond acceptors (Lipinski definition) is 5. The van der Waals surface area contributed by atoms with Gasteiger partial charge in [0.15, 0.2) is 0 Å². The second kappa shape index (κ2) is 12.2. The number of benzene rings is 3. The van der Waals surface area contributed by atoms with Crippen LogP contribution in [-0.2, 0) is 30.6 Å². The Hall–Kier alpha value is -2.05. The van der Waals surface area contributed by atoms with Crippen LogP contribution in [-0.4, -0.2) is 40.1 Å². The molecule has 2 N–H and O–H groups in total. The fraction of sp³-hybridized carbons (Fsp3) is 0.240. The van der Waals surface area contributed by atoms with E-state index in [2.05, 4.69) is 10.0 Å². The predicted octanol–water partition coefficient (Wildman–Crippen LogP) is 6.28. The summed E-state index contributed by atoms with van der Waals surface area (Å²) in [5.74, 6) is -1.33. The fourth-order valence-corrected chi connectivity index (χ4v) is 8.04. The third kappa shape index (κ3) is 7.38. The van der Waals surface area contributed by atoms with Gasteiger partial charge in [-0.25, -0.2) is 21.1 Å². The molecule has 3 aromatic carbocycles. The zero-order valence-electron chi connectivity index (χ0n) is 20.2. The van der Waals surface area contributed by atoms with Gasteiger partial charge in [0.25, 0.3) is 10.0 Å². The van der Waals surface area contributed by atoms with E-state index in [1.807, 2.05) is 0 Å². The molecule has 4 rings (SSSR count). The molecule has 0 radical (unpaired) electrons. The van der Waals surface area contributed by atoms with Crippen LogP contribution >= 0.6 is 46.4 Å². The minimum atomic E-state index is -3.95. The van der Waals surface area contributed by atoms with Crippen LogP contribution < -0.4 is 10.0 Å². The normalized spacial score (nSPS) is 16.6. The van der Waals surface area contributed by atoms with E-state index < -0.39 is 26.0 Å². The first kappa shape index (κ1) is 29.9. The summed E-state index contributed by atoms with van der Waals surface area (Å²) < 4.78 is 55.4. The topological polar surface area (TPSA) is 113 Å². The Balaban J connectivity index is 1.40. The van der Waals surface area contributed by atoms with Crippen molar-refractivity contribution in [2.24, 2.45) is 5.92 Å². The van der Waals surface area contributed by atoms with Gasteiger partial charge >= 0.3 is 0 Å². The number of amides is 1. The number of nitrogens with one attached hydrogen (secondary N) is 2. The van der Waals surface area contributed by atoms with Crippen LogP contribution in [0.2, 0.25) is 20.1 Å². The molecule has 1 saturated heterocycles. The van der Waals surface area contributed by atoms with E-state index in [4.69, 9.17) is 46.4 Å². The minimum Gasteiger partial charge on any atom is -0.326 e. The standard InChI is InChI=1S/C25H23Cl4N3O5S2/c26-17-6-11-24(23(29)13-17)31-39(36,37)19-9-7-18(8-10-19)30-25(33)16-3-2-12-32(14-16)38(34,35)15-20-21(27)4-1-5-22(20)28/h1,4-11,13,16,31H,2-3,12,14-15H2,(H,30,33)/t16-/m1/s1. The molecule has 1 fully saturated rings. The first-order valence-corrected chi connectivity index (χ1v) is 16.3. The summed E-state index contributed by atoms with van der Waals surface area (Å²) in [7, 11) is -7.73. The van der Waals surface area contributed by atoms with Crippen LogP contribution in [0, 0.1) is 5.92 Å². The lowest BCUT2D eigenvalue weighted by Crippen LogP contribution is -2.44. The molecule has 0 unspecified atom stereocenters. The summed E-state index contributed by atoms with van der Waals surface area (Å²) in [6.07, 6.45) is 1.01. The van der Waals surface area contributed by atoms with Crippen LogP contribution in [0.1, 0.15) is 18.4 Å². The van der Waals surface area contributed by atoms with E-state index in [0.717, 1.165) is 0 Å². The average Bonchev–Trinajstić information content (AvgIpc) is 2.88. The molecular formula is C25H23Cl4N3O5S2. The Bertz CT molecular complexity index is 1580. The molecule has 0 spiro atoms. The quantitative estimate of drug-likeness (QED) is 0.298. The molecule has 208 valence electrons. The maximum atomic E-state index is 13.1. The summed E-state index contributed by atoms with van der Waals surface area (Å²) in [6, 6.07) is 14.7. The number of nitrogens with zero attached hydrogens (tertiary/aromatic N) is 1. The third-order valence-electron chi connectivity index (χ3n) is 6.14. The number of carbonyl (C=O) groups is 1. The summed E-state index contributed by atoms with van der Waals surface area (Å²) in [5.41, 5.74) is 0.855. The molecule has 14 heteroatoms. The van der Waals surface area contributed by atoms with E-state index in [1.54, 1.807) is 18.2 Å². The maximum Gasteiger partial charge on any atom is 0.261 e. The Morgan fingerprint density at radius 2 is 1.56 bits per heavy atom. The number of piperidine rings is 1. The highest BCUT2D eigenvalue weighted by molar-refractivity contribution is 7.92. The van der Waals surface area contributed by atoms with Crippen molar-refractivity contribution in [3.05, 3.63) is 86.3 Å². The first-order valence-electron chi connectivity index (χ1n) is 11.7. The van der Waals surface area contributed by atoms with Gasteiger partial charge in [0.1, 0.15) is 0 Å². The molecule has 0 aliphatic carbocycles. The van der Waals surface area contributed by atoms with E-state index in [1.165, 1.54) is 46.8 Å². The number of sulfonamides is 2. The summed E-state index contributed by atoms with van der Waals surface area (Å²) >= 11 is 24.2. The van der Waals surface area contributed by atoms with Crippen molar-refractivity contribution >= 4 is 83.7 Å². The molecule has 1 heterocycles. The van der Waals surface area contributed by atoms with Crippen LogP contribution in [0.15, 0.2) is 65.6 Å². The van der Waals surface area contributed by atoms with Crippen LogP contribution in [0.4, 0.5) is 11.4 Å². The SMILES string of the molecule is O=C(Nc1ccc(S(=O)(=O)Nc2ccc(Cl)cc2Cl)cc1)[C@@H]1CCCN(S(=O)(=O)Cc2c(Cl)cccc2Cl)C1. The van der Waals surface area contributed by atoms with Gasteiger partial charge in [-0.15, -0.1) is 0 Å². The largest absolute Gasteiger partial charge is 0.326 e. The number of carbonyl (C=O) groups excluding carboxylic acids is 1. The van der Waals surface area contributed by atoms with Crippen molar-refractivity contribution < 1.29 is 21.6 Å². The van der Waals surface area contributed by atoms with Gasteiger partial charge in [-0.2, -0.15) is 0 Å². The smallest absolute Gasteiger partial charge is 0.261 e. The first-order chi connectivity index (χ1) is 18.4. The zero-order chi connectivity index (χ0) is 28.4. The van der Waals surface area contributed by atoms with Gasteiger partial charge < -0.3 is 5.32 Å². The van der Waals surface area contributed by atoms with Gasteiger partial charge in [-0.1, -0.05) is 52.5 Å². The van der Waals surface area contributed by atoms with E-state index in [0.29, 0.717) is 29.1 Å². The van der Waals surface area contributed by atoms with Crippen molar-refractivity contribution in [2.45, 2.75) is 23.5 Å². The molecule has 0 bridgehead atoms. The van der Waals surface area contributed by atoms with Crippen LogP contribution in [0.3, 0.4) is 0 Å². The number of anilines is 2. The molecule has 1 atom stereocenters. The highest BCUT2D eigenvalue weighted by atomic mass is 35.5. The lowest BCUT2D eigenvalue weighted by atomic mass is 9.99. The molecule has 1 aliphatic rings. The van der Waals surface area contributed by atoms with Gasteiger partial charge in [0.05, 0.1) is 27.3 Å². The molecule has 1 amide bonds. The van der Waals surface area contributed by atoms with E-state index >= 15 is 0 Å². The van der Waals surface area contributed by atoms with Gasteiger partial charge in [-0.05, 0) is 67.4 Å². The monoisotopic (exact) mass is 649 g/mol. The Morgan fingerprint density at radius 3 is 2.21 bits per heavy atom. The molecule has 0 aromatic heterocycles. The van der Waals surface area contributed by atoms with Gasteiger partial charge in [0.2, 0.25) is 15.9 Å². The van der Waals surface area contributed by atoms with Crippen LogP contribution in [0.5, 0.6) is 0 Å². The lowest BCUT2D eigenvalue weighted by molar-refractivity contribution is -0.120. The number of hydrogen-bond donors (Lipinski definition) is 2. The van der Waals surface area contributed by atoms with E-state index in [9.17, 15) is 21.6 Å². The van der Waals surface area contributed by atoms with Crippen molar-refractivity contribution in [2.75, 3.05) is 23.1 Å². The highest BCUT2D eigenvalue weighted by Gasteiger charge is 2.33. The van der Waals surface area contributed by atoms with Gasteiger partial charge in [0, 0.05) is 39.4 Å². The summed E-state index contributed by atoms with van der Waals surface area (Å²) in [6.45, 7) is 0.292. The lowest BCUT2D eigenvalue weighted by Gasteiger charge is -2.31. The van der Waals surface area contributed by atoms with Crippen molar-refractivity contribution in [3.63, 3.8) is 0 Å². The third-order valence-corrected chi connectivity index (χ3v) is 10.6. The molecule has 1 aliphatic heterocycles. The molecular weight excluding hydrogens is 628 g/mol. The van der Waals surface area contributed by atoms with Crippen molar-refractivity contribution in [1.29, 1.82) is 0 Å². The Morgan fingerprint density at radius 1 is 0.897 bits per heavy atom. The summed E-state index contributed by atoms with van der Waals surface area (Å²) in [5, 5.41) is 3.77. The zero-order valence-corrected chi connectivity index (χ0v) is 24.9. The molecule has 39 heavy (non-hydrogen) atoms. The van der Waals surface area contributed by atoms with Gasteiger partial charge in [-0.3, -0.25) is 9.52 Å². The second-order valence-corrected chi connectivity index (χ2v) is 14.2. The molecule has 8 nitrogen and oxygen atoms in total. The molecule has 0 saturated carbocycles. The predicted molar refractivity (Wildman–Crippen MR) is 156 cm³/mol. The van der Waals surface area contributed by atoms with E-state index in [-0.39, 0.29) is 50.4 Å². The molecule has 3 aromatic rings. The van der Waals surface area contributed by atoms with Crippen molar-refractivity contribution in [3.8, 4) is 0 Å². The number of rotatable bonds is 8. The number of halogens is 4. The fourth-order valence-electron chi connectivity index (χ4n) is 4.09. The second-order valence-electron chi connectivity index (χ2n) is 8.90.